The van der Waals surface area contributed by atoms with Gasteiger partial charge in [-0.1, -0.05) is 66.2 Å². The molecule has 0 unspecified atom stereocenters. The number of esters is 2. The fourth-order valence-electron chi connectivity index (χ4n) is 3.92. The maximum atomic E-state index is 12.5. The maximum Gasteiger partial charge on any atom is 0.363 e. The van der Waals surface area contributed by atoms with Crippen LogP contribution in [0.1, 0.15) is 27.0 Å². The van der Waals surface area contributed by atoms with E-state index in [-0.39, 0.29) is 17.3 Å². The Morgan fingerprint density at radius 2 is 1.54 bits per heavy atom. The highest BCUT2D eigenvalue weighted by atomic mass is 16.6. The predicted molar refractivity (Wildman–Crippen MR) is 142 cm³/mol. The Morgan fingerprint density at radius 1 is 0.811 bits per heavy atom. The van der Waals surface area contributed by atoms with Crippen molar-refractivity contribution in [2.24, 2.45) is 4.99 Å². The lowest BCUT2D eigenvalue weighted by Crippen LogP contribution is -2.09. The smallest absolute Gasteiger partial charge is 0.363 e. The quantitative estimate of drug-likeness (QED) is 0.182. The number of rotatable bonds is 6. The third-order valence-electron chi connectivity index (χ3n) is 5.81. The molecule has 1 heterocycles. The van der Waals surface area contributed by atoms with Gasteiger partial charge >= 0.3 is 11.9 Å². The topological polar surface area (TPSA) is 74.2 Å². The Balaban J connectivity index is 1.35. The number of ether oxygens (including phenoxy) is 3. The molecular weight excluding hydrogens is 466 g/mol. The Morgan fingerprint density at radius 3 is 2.27 bits per heavy atom. The minimum atomic E-state index is -0.545. The van der Waals surface area contributed by atoms with Gasteiger partial charge in [0.2, 0.25) is 5.90 Å². The second-order valence-corrected chi connectivity index (χ2v) is 8.45. The first-order valence-corrected chi connectivity index (χ1v) is 11.7. The zero-order chi connectivity index (χ0) is 25.8. The molecule has 37 heavy (non-hydrogen) atoms. The maximum absolute atomic E-state index is 12.5. The summed E-state index contributed by atoms with van der Waals surface area (Å²) in [6.07, 6.45) is 1.60. The van der Waals surface area contributed by atoms with E-state index in [0.717, 1.165) is 16.7 Å². The van der Waals surface area contributed by atoms with E-state index >= 15 is 0 Å². The van der Waals surface area contributed by atoms with Gasteiger partial charge in [0.05, 0.1) is 12.7 Å². The van der Waals surface area contributed by atoms with E-state index in [2.05, 4.69) is 4.99 Å². The summed E-state index contributed by atoms with van der Waals surface area (Å²) in [7, 11) is 1.48. The van der Waals surface area contributed by atoms with Crippen LogP contribution in [0.4, 0.5) is 0 Å². The molecular formula is C31H23NO5. The molecule has 0 saturated heterocycles. The van der Waals surface area contributed by atoms with Gasteiger partial charge in [-0.3, -0.25) is 0 Å². The monoisotopic (exact) mass is 489 g/mol. The summed E-state index contributed by atoms with van der Waals surface area (Å²) in [5.41, 5.74) is 5.06. The van der Waals surface area contributed by atoms with Crippen LogP contribution in [-0.2, 0) is 9.53 Å². The fraction of sp³-hybridized carbons (Fsp3) is 0.0645. The van der Waals surface area contributed by atoms with Crippen molar-refractivity contribution in [1.29, 1.82) is 0 Å². The average molecular weight is 490 g/mol. The zero-order valence-corrected chi connectivity index (χ0v) is 20.3. The van der Waals surface area contributed by atoms with Crippen LogP contribution in [0.3, 0.4) is 0 Å². The molecule has 1 aliphatic heterocycles. The number of hydrogen-bond acceptors (Lipinski definition) is 6. The van der Waals surface area contributed by atoms with Crippen molar-refractivity contribution in [3.8, 4) is 22.6 Å². The number of carbonyl (C=O) groups is 2. The number of aliphatic imine (C=N–C) groups is 1. The molecule has 4 aromatic carbocycles. The molecule has 0 atom stereocenters. The molecule has 0 aromatic heterocycles. The normalized spacial score (nSPS) is 13.7. The van der Waals surface area contributed by atoms with Crippen LogP contribution < -0.4 is 9.47 Å². The van der Waals surface area contributed by atoms with Crippen LogP contribution >= 0.6 is 0 Å². The molecule has 6 heteroatoms. The van der Waals surface area contributed by atoms with Crippen LogP contribution in [0, 0.1) is 6.92 Å². The first-order valence-electron chi connectivity index (χ1n) is 11.7. The molecule has 0 N–H and O–H groups in total. The molecule has 0 fully saturated rings. The lowest BCUT2D eigenvalue weighted by atomic mass is 10.0. The summed E-state index contributed by atoms with van der Waals surface area (Å²) in [4.78, 5) is 29.4. The summed E-state index contributed by atoms with van der Waals surface area (Å²) >= 11 is 0. The van der Waals surface area contributed by atoms with Gasteiger partial charge < -0.3 is 14.2 Å². The van der Waals surface area contributed by atoms with E-state index in [0.29, 0.717) is 22.4 Å². The highest BCUT2D eigenvalue weighted by molar-refractivity contribution is 6.13. The van der Waals surface area contributed by atoms with E-state index in [4.69, 9.17) is 14.2 Å². The Kier molecular flexibility index (Phi) is 6.64. The van der Waals surface area contributed by atoms with Crippen molar-refractivity contribution < 1.29 is 23.8 Å². The van der Waals surface area contributed by atoms with Crippen molar-refractivity contribution in [3.63, 3.8) is 0 Å². The lowest BCUT2D eigenvalue weighted by Gasteiger charge is -2.10. The molecule has 0 aliphatic carbocycles. The second-order valence-electron chi connectivity index (χ2n) is 8.45. The molecule has 0 radical (unpaired) electrons. The molecule has 0 bridgehead atoms. The summed E-state index contributed by atoms with van der Waals surface area (Å²) in [6.45, 7) is 1.90. The van der Waals surface area contributed by atoms with Crippen molar-refractivity contribution in [2.45, 2.75) is 6.92 Å². The van der Waals surface area contributed by atoms with E-state index in [1.165, 1.54) is 7.11 Å². The molecule has 6 nitrogen and oxygen atoms in total. The van der Waals surface area contributed by atoms with E-state index < -0.39 is 11.9 Å². The van der Waals surface area contributed by atoms with E-state index in [1.54, 1.807) is 42.5 Å². The molecule has 182 valence electrons. The van der Waals surface area contributed by atoms with Gasteiger partial charge in [-0.2, -0.15) is 0 Å². The molecule has 5 rings (SSSR count). The minimum absolute atomic E-state index is 0.161. The van der Waals surface area contributed by atoms with Crippen LogP contribution in [-0.4, -0.2) is 24.9 Å². The van der Waals surface area contributed by atoms with Crippen molar-refractivity contribution in [1.82, 2.24) is 0 Å². The third kappa shape index (κ3) is 5.33. The van der Waals surface area contributed by atoms with E-state index in [1.807, 2.05) is 67.6 Å². The van der Waals surface area contributed by atoms with Gasteiger partial charge in [0.15, 0.2) is 17.2 Å². The standard InChI is InChI=1S/C31H23NO5/c1-20-7-6-10-25(17-20)30(33)36-27-16-11-21(19-28(27)35-2)18-26-31(34)37-29(32-26)24-14-12-23(13-15-24)22-8-4-3-5-9-22/h3-19H,1-2H3/b26-18-. The van der Waals surface area contributed by atoms with Gasteiger partial charge in [-0.15, -0.1) is 0 Å². The zero-order valence-electron chi connectivity index (χ0n) is 20.3. The van der Waals surface area contributed by atoms with Gasteiger partial charge in [0, 0.05) is 5.56 Å². The number of benzene rings is 4. The molecule has 0 saturated carbocycles. The Hall–Kier alpha value is -4.97. The van der Waals surface area contributed by atoms with Crippen LogP contribution in [0.5, 0.6) is 11.5 Å². The molecule has 0 amide bonds. The minimum Gasteiger partial charge on any atom is -0.493 e. The highest BCUT2D eigenvalue weighted by Gasteiger charge is 2.24. The fourth-order valence-corrected chi connectivity index (χ4v) is 3.92. The van der Waals surface area contributed by atoms with Gasteiger partial charge in [-0.05, 0) is 66.1 Å². The second kappa shape index (κ2) is 10.3. The number of hydrogen-bond donors (Lipinski definition) is 0. The SMILES string of the molecule is COc1cc(/C=C2\N=C(c3ccc(-c4ccccc4)cc3)OC2=O)ccc1OC(=O)c1cccc(C)c1. The summed E-state index contributed by atoms with van der Waals surface area (Å²) in [6, 6.07) is 29.8. The highest BCUT2D eigenvalue weighted by Crippen LogP contribution is 2.31. The Bertz CT molecular complexity index is 1540. The summed E-state index contributed by atoms with van der Waals surface area (Å²) < 4.78 is 16.4. The van der Waals surface area contributed by atoms with Gasteiger partial charge in [-0.25, -0.2) is 14.6 Å². The van der Waals surface area contributed by atoms with Crippen LogP contribution in [0.15, 0.2) is 108 Å². The predicted octanol–water partition coefficient (Wildman–Crippen LogP) is 6.23. The number of carbonyl (C=O) groups excluding carboxylic acids is 2. The number of nitrogens with zero attached hydrogens (tertiary/aromatic N) is 1. The number of aryl methyl sites for hydroxylation is 1. The first-order chi connectivity index (χ1) is 18.0. The Labute approximate surface area is 214 Å². The summed E-state index contributed by atoms with van der Waals surface area (Å²) in [5.74, 6) is -0.169. The van der Waals surface area contributed by atoms with Gasteiger partial charge in [0.1, 0.15) is 0 Å². The average Bonchev–Trinajstić information content (AvgIpc) is 3.29. The summed E-state index contributed by atoms with van der Waals surface area (Å²) in [5, 5.41) is 0. The van der Waals surface area contributed by atoms with Crippen LogP contribution in [0.25, 0.3) is 17.2 Å². The molecule has 4 aromatic rings. The van der Waals surface area contributed by atoms with Crippen LogP contribution in [0.2, 0.25) is 0 Å². The molecule has 1 aliphatic rings. The van der Waals surface area contributed by atoms with Crippen molar-refractivity contribution in [2.75, 3.05) is 7.11 Å². The lowest BCUT2D eigenvalue weighted by molar-refractivity contribution is -0.129. The largest absolute Gasteiger partial charge is 0.493 e. The van der Waals surface area contributed by atoms with Gasteiger partial charge in [0.25, 0.3) is 0 Å². The van der Waals surface area contributed by atoms with Crippen molar-refractivity contribution >= 4 is 23.9 Å². The number of cyclic esters (lactones) is 1. The van der Waals surface area contributed by atoms with Crippen molar-refractivity contribution in [3.05, 3.63) is 125 Å². The number of methoxy groups -OCH3 is 1. The first kappa shape index (κ1) is 23.8. The van der Waals surface area contributed by atoms with E-state index in [9.17, 15) is 9.59 Å². The third-order valence-corrected chi connectivity index (χ3v) is 5.81. The molecule has 0 spiro atoms.